The van der Waals surface area contributed by atoms with Gasteiger partial charge in [-0.2, -0.15) is 5.10 Å². The molecule has 0 aliphatic carbocycles. The second-order valence-electron chi connectivity index (χ2n) is 3.77. The summed E-state index contributed by atoms with van der Waals surface area (Å²) in [6, 6.07) is 10.2. The van der Waals surface area contributed by atoms with Crippen molar-refractivity contribution in [1.82, 2.24) is 14.6 Å². The van der Waals surface area contributed by atoms with Crippen LogP contribution in [0.2, 0.25) is 0 Å². The third-order valence-corrected chi connectivity index (χ3v) is 2.62. The summed E-state index contributed by atoms with van der Waals surface area (Å²) in [7, 11) is 0. The summed E-state index contributed by atoms with van der Waals surface area (Å²) in [5.41, 5.74) is 4.09. The molecular formula is C12H11N3. The predicted molar refractivity (Wildman–Crippen MR) is 60.0 cm³/mol. The van der Waals surface area contributed by atoms with Gasteiger partial charge in [-0.3, -0.25) is 0 Å². The Labute approximate surface area is 87.4 Å². The zero-order valence-corrected chi connectivity index (χ0v) is 8.73. The van der Waals surface area contributed by atoms with Crippen LogP contribution in [-0.2, 0) is 0 Å². The average Bonchev–Trinajstić information content (AvgIpc) is 2.59. The molecule has 0 aliphatic heterocycles. The molecule has 0 unspecified atom stereocenters. The summed E-state index contributed by atoms with van der Waals surface area (Å²) in [6.45, 7) is 4.02. The van der Waals surface area contributed by atoms with Gasteiger partial charge in [-0.1, -0.05) is 18.2 Å². The largest absolute Gasteiger partial charge is 0.233 e. The first-order chi connectivity index (χ1) is 7.25. The van der Waals surface area contributed by atoms with Crippen molar-refractivity contribution in [2.45, 2.75) is 13.8 Å². The third kappa shape index (κ3) is 1.13. The molecule has 2 aromatic heterocycles. The van der Waals surface area contributed by atoms with Crippen LogP contribution in [0, 0.1) is 13.8 Å². The highest BCUT2D eigenvalue weighted by Gasteiger charge is 2.05. The third-order valence-electron chi connectivity index (χ3n) is 2.62. The van der Waals surface area contributed by atoms with Crippen LogP contribution in [0.5, 0.6) is 0 Å². The number of aryl methyl sites for hydroxylation is 2. The highest BCUT2D eigenvalue weighted by Crippen LogP contribution is 2.18. The van der Waals surface area contributed by atoms with Crippen molar-refractivity contribution in [3.63, 3.8) is 0 Å². The Hall–Kier alpha value is -1.90. The van der Waals surface area contributed by atoms with E-state index in [0.29, 0.717) is 0 Å². The van der Waals surface area contributed by atoms with E-state index in [1.807, 2.05) is 36.6 Å². The molecule has 74 valence electrons. The lowest BCUT2D eigenvalue weighted by atomic mass is 10.2. The molecule has 0 saturated heterocycles. The standard InChI is InChI=1S/C12H11N3/c1-8-7-12-13-9(2)10-5-3-4-6-11(10)15(12)14-8/h3-7H,1-2H3. The van der Waals surface area contributed by atoms with Gasteiger partial charge in [-0.15, -0.1) is 0 Å². The fourth-order valence-electron chi connectivity index (χ4n) is 1.94. The Balaban J connectivity index is 2.62. The number of hydrogen-bond acceptors (Lipinski definition) is 2. The van der Waals surface area contributed by atoms with Gasteiger partial charge in [0.05, 0.1) is 11.2 Å². The zero-order valence-electron chi connectivity index (χ0n) is 8.73. The van der Waals surface area contributed by atoms with E-state index in [2.05, 4.69) is 22.2 Å². The molecule has 0 spiro atoms. The van der Waals surface area contributed by atoms with Gasteiger partial charge in [-0.05, 0) is 19.9 Å². The highest BCUT2D eigenvalue weighted by molar-refractivity contribution is 5.83. The number of para-hydroxylation sites is 1. The summed E-state index contributed by atoms with van der Waals surface area (Å²) in [5, 5.41) is 5.60. The van der Waals surface area contributed by atoms with E-state index in [1.165, 1.54) is 0 Å². The number of nitrogens with zero attached hydrogens (tertiary/aromatic N) is 3. The maximum atomic E-state index is 4.53. The number of rotatable bonds is 0. The lowest BCUT2D eigenvalue weighted by molar-refractivity contribution is 0.950. The van der Waals surface area contributed by atoms with Crippen molar-refractivity contribution in [1.29, 1.82) is 0 Å². The molecule has 3 heteroatoms. The van der Waals surface area contributed by atoms with Crippen molar-refractivity contribution < 1.29 is 0 Å². The van der Waals surface area contributed by atoms with E-state index in [-0.39, 0.29) is 0 Å². The smallest absolute Gasteiger partial charge is 0.156 e. The lowest BCUT2D eigenvalue weighted by Crippen LogP contribution is -1.95. The monoisotopic (exact) mass is 197 g/mol. The molecule has 15 heavy (non-hydrogen) atoms. The minimum atomic E-state index is 0.920. The van der Waals surface area contributed by atoms with E-state index in [9.17, 15) is 0 Å². The minimum absolute atomic E-state index is 0.920. The normalized spacial score (nSPS) is 11.3. The predicted octanol–water partition coefficient (Wildman–Crippen LogP) is 2.50. The SMILES string of the molecule is Cc1cc2nc(C)c3ccccc3n2n1. The number of hydrogen-bond donors (Lipinski definition) is 0. The molecule has 1 aromatic carbocycles. The van der Waals surface area contributed by atoms with Gasteiger partial charge in [-0.25, -0.2) is 9.50 Å². The fourth-order valence-corrected chi connectivity index (χ4v) is 1.94. The fraction of sp³-hybridized carbons (Fsp3) is 0.167. The van der Waals surface area contributed by atoms with Crippen LogP contribution in [0.25, 0.3) is 16.6 Å². The first-order valence-corrected chi connectivity index (χ1v) is 4.97. The van der Waals surface area contributed by atoms with Crippen LogP contribution in [-0.4, -0.2) is 14.6 Å². The van der Waals surface area contributed by atoms with Crippen LogP contribution < -0.4 is 0 Å². The summed E-state index contributed by atoms with van der Waals surface area (Å²) in [4.78, 5) is 4.53. The average molecular weight is 197 g/mol. The summed E-state index contributed by atoms with van der Waals surface area (Å²) >= 11 is 0. The second kappa shape index (κ2) is 2.79. The first-order valence-electron chi connectivity index (χ1n) is 4.97. The molecule has 3 nitrogen and oxygen atoms in total. The molecule has 0 radical (unpaired) electrons. The number of benzene rings is 1. The maximum Gasteiger partial charge on any atom is 0.156 e. The molecule has 0 fully saturated rings. The van der Waals surface area contributed by atoms with E-state index in [1.54, 1.807) is 0 Å². The number of fused-ring (bicyclic) bond motifs is 3. The molecule has 0 N–H and O–H groups in total. The van der Waals surface area contributed by atoms with Crippen molar-refractivity contribution in [2.75, 3.05) is 0 Å². The van der Waals surface area contributed by atoms with E-state index < -0.39 is 0 Å². The molecule has 0 atom stereocenters. The molecule has 0 amide bonds. The van der Waals surface area contributed by atoms with E-state index in [0.717, 1.165) is 27.9 Å². The zero-order chi connectivity index (χ0) is 10.4. The van der Waals surface area contributed by atoms with Crippen LogP contribution in [0.1, 0.15) is 11.4 Å². The van der Waals surface area contributed by atoms with E-state index >= 15 is 0 Å². The molecule has 0 aliphatic rings. The summed E-state index contributed by atoms with van der Waals surface area (Å²) in [5.74, 6) is 0. The van der Waals surface area contributed by atoms with Gasteiger partial charge >= 0.3 is 0 Å². The summed E-state index contributed by atoms with van der Waals surface area (Å²) < 4.78 is 1.90. The van der Waals surface area contributed by atoms with Gasteiger partial charge in [0.25, 0.3) is 0 Å². The van der Waals surface area contributed by atoms with Gasteiger partial charge < -0.3 is 0 Å². The van der Waals surface area contributed by atoms with Gasteiger partial charge in [0, 0.05) is 17.1 Å². The quantitative estimate of drug-likeness (QED) is 0.554. The van der Waals surface area contributed by atoms with Crippen molar-refractivity contribution >= 4 is 16.6 Å². The topological polar surface area (TPSA) is 30.2 Å². The molecule has 0 saturated carbocycles. The van der Waals surface area contributed by atoms with Gasteiger partial charge in [0.2, 0.25) is 0 Å². The van der Waals surface area contributed by atoms with Crippen molar-refractivity contribution in [2.24, 2.45) is 0 Å². The molecule has 2 heterocycles. The van der Waals surface area contributed by atoms with Crippen LogP contribution in [0.15, 0.2) is 30.3 Å². The second-order valence-corrected chi connectivity index (χ2v) is 3.77. The van der Waals surface area contributed by atoms with Crippen LogP contribution >= 0.6 is 0 Å². The lowest BCUT2D eigenvalue weighted by Gasteiger charge is -2.03. The Morgan fingerprint density at radius 1 is 1.13 bits per heavy atom. The number of aromatic nitrogens is 3. The van der Waals surface area contributed by atoms with Gasteiger partial charge in [0.15, 0.2) is 5.65 Å². The maximum absolute atomic E-state index is 4.53. The Morgan fingerprint density at radius 3 is 2.80 bits per heavy atom. The summed E-state index contributed by atoms with van der Waals surface area (Å²) in [6.07, 6.45) is 0. The van der Waals surface area contributed by atoms with Crippen LogP contribution in [0.4, 0.5) is 0 Å². The molecule has 3 aromatic rings. The highest BCUT2D eigenvalue weighted by atomic mass is 15.3. The van der Waals surface area contributed by atoms with Crippen LogP contribution in [0.3, 0.4) is 0 Å². The first kappa shape index (κ1) is 8.41. The van der Waals surface area contributed by atoms with Gasteiger partial charge in [0.1, 0.15) is 0 Å². The molecule has 0 bridgehead atoms. The Morgan fingerprint density at radius 2 is 1.93 bits per heavy atom. The Bertz CT molecular complexity index is 652. The van der Waals surface area contributed by atoms with E-state index in [4.69, 9.17) is 0 Å². The Kier molecular flexibility index (Phi) is 1.57. The molecule has 3 rings (SSSR count). The van der Waals surface area contributed by atoms with Crippen molar-refractivity contribution in [3.05, 3.63) is 41.7 Å². The van der Waals surface area contributed by atoms with Crippen molar-refractivity contribution in [3.8, 4) is 0 Å². The molecular weight excluding hydrogens is 186 g/mol. The minimum Gasteiger partial charge on any atom is -0.233 e.